The summed E-state index contributed by atoms with van der Waals surface area (Å²) < 4.78 is 38.5. The monoisotopic (exact) mass is 408 g/mol. The molecule has 3 rings (SSSR count). The molecule has 1 heterocycles. The molecule has 0 saturated carbocycles. The van der Waals surface area contributed by atoms with Crippen molar-refractivity contribution in [3.05, 3.63) is 65.2 Å². The summed E-state index contributed by atoms with van der Waals surface area (Å²) in [4.78, 5) is 30.2. The van der Waals surface area contributed by atoms with E-state index in [1.54, 1.807) is 24.3 Å². The second-order valence-electron chi connectivity index (χ2n) is 5.94. The molecule has 2 aromatic rings. The highest BCUT2D eigenvalue weighted by Crippen LogP contribution is 2.31. The molecule has 9 heteroatoms. The summed E-state index contributed by atoms with van der Waals surface area (Å²) in [6.07, 6.45) is -4.44. The molecular weight excluding hydrogens is 393 g/mol. The molecule has 1 fully saturated rings. The van der Waals surface area contributed by atoms with Crippen LogP contribution < -0.4 is 4.90 Å². The number of halogens is 3. The fraction of sp³-hybridized carbons (Fsp3) is 0.211. The predicted octanol–water partition coefficient (Wildman–Crippen LogP) is 4.85. The van der Waals surface area contributed by atoms with Gasteiger partial charge in [0.25, 0.3) is 5.24 Å². The van der Waals surface area contributed by atoms with E-state index in [1.165, 1.54) is 19.1 Å². The maximum atomic E-state index is 12.8. The Morgan fingerprint density at radius 2 is 1.93 bits per heavy atom. The number of alkyl halides is 3. The number of oxime groups is 1. The van der Waals surface area contributed by atoms with Gasteiger partial charge in [-0.05, 0) is 30.7 Å². The van der Waals surface area contributed by atoms with Gasteiger partial charge in [0.05, 0.1) is 22.7 Å². The number of carbonyl (C=O) groups excluding carboxylic acids is 2. The Hall–Kier alpha value is -2.81. The molecule has 0 bridgehead atoms. The molecule has 1 aliphatic rings. The molecule has 146 valence electrons. The Balaban J connectivity index is 1.75. The van der Waals surface area contributed by atoms with E-state index < -0.39 is 11.7 Å². The third-order valence-electron chi connectivity index (χ3n) is 4.01. The van der Waals surface area contributed by atoms with Crippen molar-refractivity contribution >= 4 is 34.3 Å². The minimum Gasteiger partial charge on any atom is -0.391 e. The van der Waals surface area contributed by atoms with E-state index in [1.807, 2.05) is 0 Å². The highest BCUT2D eigenvalue weighted by Gasteiger charge is 2.33. The average Bonchev–Trinajstić information content (AvgIpc) is 3.00. The molecule has 0 spiro atoms. The zero-order chi connectivity index (χ0) is 20.3. The van der Waals surface area contributed by atoms with Gasteiger partial charge in [-0.1, -0.05) is 47.2 Å². The van der Waals surface area contributed by atoms with E-state index in [9.17, 15) is 22.8 Å². The number of amides is 2. The zero-order valence-electron chi connectivity index (χ0n) is 14.7. The predicted molar refractivity (Wildman–Crippen MR) is 100 cm³/mol. The SMILES string of the molecule is C/C(=N/OCc1ccccc1N1C(=O)CSC1=O)c1cccc(C(F)(F)F)c1. The lowest BCUT2D eigenvalue weighted by Crippen LogP contribution is -2.29. The second kappa shape index (κ2) is 8.05. The number of imide groups is 1. The van der Waals surface area contributed by atoms with Gasteiger partial charge in [-0.25, -0.2) is 4.90 Å². The molecule has 0 N–H and O–H groups in total. The Bertz CT molecular complexity index is 928. The van der Waals surface area contributed by atoms with Gasteiger partial charge in [-0.15, -0.1) is 0 Å². The Labute approximate surface area is 163 Å². The van der Waals surface area contributed by atoms with Gasteiger partial charge in [-0.2, -0.15) is 13.2 Å². The molecule has 28 heavy (non-hydrogen) atoms. The molecule has 1 aliphatic heterocycles. The van der Waals surface area contributed by atoms with E-state index in [2.05, 4.69) is 5.16 Å². The van der Waals surface area contributed by atoms with E-state index >= 15 is 0 Å². The summed E-state index contributed by atoms with van der Waals surface area (Å²) in [5.41, 5.74) is 0.757. The first kappa shape index (κ1) is 19.9. The smallest absolute Gasteiger partial charge is 0.391 e. The van der Waals surface area contributed by atoms with Crippen LogP contribution in [0, 0.1) is 0 Å². The number of benzene rings is 2. The number of anilines is 1. The number of para-hydroxylation sites is 1. The molecular formula is C19H15F3N2O3S. The Kier molecular flexibility index (Phi) is 5.73. The maximum Gasteiger partial charge on any atom is 0.416 e. The van der Waals surface area contributed by atoms with E-state index in [-0.39, 0.29) is 34.8 Å². The van der Waals surface area contributed by atoms with Crippen LogP contribution in [0.2, 0.25) is 0 Å². The summed E-state index contributed by atoms with van der Waals surface area (Å²) in [6.45, 7) is 1.49. The van der Waals surface area contributed by atoms with E-state index in [0.29, 0.717) is 11.3 Å². The lowest BCUT2D eigenvalue weighted by Gasteiger charge is -2.16. The highest BCUT2D eigenvalue weighted by atomic mass is 32.2. The Morgan fingerprint density at radius 1 is 1.18 bits per heavy atom. The summed E-state index contributed by atoms with van der Waals surface area (Å²) >= 11 is 0.923. The molecule has 0 radical (unpaired) electrons. The first-order valence-corrected chi connectivity index (χ1v) is 9.18. The topological polar surface area (TPSA) is 59.0 Å². The van der Waals surface area contributed by atoms with Crippen LogP contribution in [-0.4, -0.2) is 22.6 Å². The molecule has 0 aliphatic carbocycles. The number of nitrogens with zero attached hydrogens (tertiary/aromatic N) is 2. The summed E-state index contributed by atoms with van der Waals surface area (Å²) in [5, 5.41) is 3.51. The van der Waals surface area contributed by atoms with Crippen molar-refractivity contribution in [3.63, 3.8) is 0 Å². The molecule has 0 aromatic heterocycles. The van der Waals surface area contributed by atoms with Gasteiger partial charge in [0.15, 0.2) is 0 Å². The van der Waals surface area contributed by atoms with Gasteiger partial charge in [-0.3, -0.25) is 9.59 Å². The first-order chi connectivity index (χ1) is 13.3. The normalized spacial score (nSPS) is 15.3. The number of rotatable bonds is 5. The van der Waals surface area contributed by atoms with Crippen LogP contribution in [0.4, 0.5) is 23.7 Å². The minimum absolute atomic E-state index is 0.0474. The zero-order valence-corrected chi connectivity index (χ0v) is 15.5. The van der Waals surface area contributed by atoms with Gasteiger partial charge in [0.1, 0.15) is 6.61 Å². The number of hydrogen-bond donors (Lipinski definition) is 0. The molecule has 0 atom stereocenters. The van der Waals surface area contributed by atoms with Crippen LogP contribution in [0.25, 0.3) is 0 Å². The van der Waals surface area contributed by atoms with Crippen LogP contribution in [-0.2, 0) is 22.4 Å². The van der Waals surface area contributed by atoms with E-state index in [4.69, 9.17) is 4.84 Å². The van der Waals surface area contributed by atoms with E-state index in [0.717, 1.165) is 28.8 Å². The van der Waals surface area contributed by atoms with Crippen LogP contribution in [0.15, 0.2) is 53.7 Å². The third kappa shape index (κ3) is 4.36. The van der Waals surface area contributed by atoms with Crippen molar-refractivity contribution < 1.29 is 27.6 Å². The van der Waals surface area contributed by atoms with Crippen molar-refractivity contribution in [1.29, 1.82) is 0 Å². The fourth-order valence-electron chi connectivity index (χ4n) is 2.61. The Morgan fingerprint density at radius 3 is 2.61 bits per heavy atom. The second-order valence-corrected chi connectivity index (χ2v) is 6.87. The summed E-state index contributed by atoms with van der Waals surface area (Å²) in [6, 6.07) is 11.5. The fourth-order valence-corrected chi connectivity index (χ4v) is 3.32. The molecule has 0 unspecified atom stereocenters. The lowest BCUT2D eigenvalue weighted by molar-refractivity contribution is -0.137. The van der Waals surface area contributed by atoms with Crippen molar-refractivity contribution in [2.45, 2.75) is 19.7 Å². The first-order valence-electron chi connectivity index (χ1n) is 8.19. The average molecular weight is 408 g/mol. The number of thioether (sulfide) groups is 1. The van der Waals surface area contributed by atoms with Gasteiger partial charge in [0.2, 0.25) is 5.91 Å². The third-order valence-corrected chi connectivity index (χ3v) is 4.83. The van der Waals surface area contributed by atoms with Crippen molar-refractivity contribution in [1.82, 2.24) is 0 Å². The van der Waals surface area contributed by atoms with Gasteiger partial charge >= 0.3 is 6.18 Å². The highest BCUT2D eigenvalue weighted by molar-refractivity contribution is 8.15. The van der Waals surface area contributed by atoms with Gasteiger partial charge < -0.3 is 4.84 Å². The van der Waals surface area contributed by atoms with Crippen LogP contribution in [0.3, 0.4) is 0 Å². The molecule has 2 aromatic carbocycles. The summed E-state index contributed by atoms with van der Waals surface area (Å²) in [5.74, 6) is -0.230. The molecule has 5 nitrogen and oxygen atoms in total. The quantitative estimate of drug-likeness (QED) is 0.524. The summed E-state index contributed by atoms with van der Waals surface area (Å²) in [7, 11) is 0. The van der Waals surface area contributed by atoms with Crippen LogP contribution in [0.1, 0.15) is 23.6 Å². The maximum absolute atomic E-state index is 12.8. The van der Waals surface area contributed by atoms with Crippen LogP contribution in [0.5, 0.6) is 0 Å². The van der Waals surface area contributed by atoms with Gasteiger partial charge in [0, 0.05) is 5.56 Å². The number of carbonyl (C=O) groups is 2. The standard InChI is InChI=1S/C19H15F3N2O3S/c1-12(13-6-4-7-15(9-13)19(20,21)22)23-27-10-14-5-2-3-8-16(14)24-17(25)11-28-18(24)26/h2-9H,10-11H2,1H3/b23-12-. The molecule has 1 saturated heterocycles. The minimum atomic E-state index is -4.44. The molecule has 2 amide bonds. The number of hydrogen-bond acceptors (Lipinski definition) is 5. The largest absolute Gasteiger partial charge is 0.416 e. The van der Waals surface area contributed by atoms with Crippen molar-refractivity contribution in [3.8, 4) is 0 Å². The van der Waals surface area contributed by atoms with Crippen molar-refractivity contribution in [2.75, 3.05) is 10.7 Å². The lowest BCUT2D eigenvalue weighted by atomic mass is 10.1. The van der Waals surface area contributed by atoms with Crippen LogP contribution >= 0.6 is 11.8 Å². The van der Waals surface area contributed by atoms with Crippen molar-refractivity contribution in [2.24, 2.45) is 5.16 Å².